The summed E-state index contributed by atoms with van der Waals surface area (Å²) in [4.78, 5) is 14.1. The molecule has 6 nitrogen and oxygen atoms in total. The summed E-state index contributed by atoms with van der Waals surface area (Å²) < 4.78 is 0. The number of aryl methyl sites for hydroxylation is 1. The smallest absolute Gasteiger partial charge is 0.145 e. The highest BCUT2D eigenvalue weighted by molar-refractivity contribution is 5.33. The molecule has 0 aliphatic carbocycles. The quantitative estimate of drug-likeness (QED) is 0.627. The third kappa shape index (κ3) is 3.08. The Kier molecular flexibility index (Phi) is 4.14. The number of fused-ring (bicyclic) bond motifs is 1. The molecule has 2 aliphatic rings. The molecule has 1 atom stereocenters. The van der Waals surface area contributed by atoms with E-state index in [4.69, 9.17) is 5.84 Å². The lowest BCUT2D eigenvalue weighted by atomic mass is 10.2. The van der Waals surface area contributed by atoms with Crippen LogP contribution >= 0.6 is 0 Å². The van der Waals surface area contributed by atoms with Gasteiger partial charge in [0.2, 0.25) is 0 Å². The van der Waals surface area contributed by atoms with Crippen molar-refractivity contribution < 1.29 is 0 Å². The Hall–Kier alpha value is -1.24. The van der Waals surface area contributed by atoms with Gasteiger partial charge in [0, 0.05) is 24.3 Å². The standard InChI is InChI=1S/C14H24N6/c1-11-8-13(18-15)17-14(16-11)10-19-5-3-7-20-6-2-4-12(20)9-19/h8,12H,2-7,9-10,15H2,1H3,(H,16,17,18). The van der Waals surface area contributed by atoms with Crippen LogP contribution in [0.2, 0.25) is 0 Å². The average Bonchev–Trinajstić information content (AvgIpc) is 2.77. The highest BCUT2D eigenvalue weighted by Gasteiger charge is 2.28. The summed E-state index contributed by atoms with van der Waals surface area (Å²) >= 11 is 0. The number of nitrogens with zero attached hydrogens (tertiary/aromatic N) is 4. The van der Waals surface area contributed by atoms with Crippen molar-refractivity contribution in [2.24, 2.45) is 5.84 Å². The summed E-state index contributed by atoms with van der Waals surface area (Å²) in [5.41, 5.74) is 3.58. The minimum atomic E-state index is 0.699. The van der Waals surface area contributed by atoms with Crippen LogP contribution in [0.3, 0.4) is 0 Å². The first-order valence-corrected chi connectivity index (χ1v) is 7.52. The second kappa shape index (κ2) is 6.03. The number of hydrogen-bond donors (Lipinski definition) is 2. The number of hydrogen-bond acceptors (Lipinski definition) is 6. The first-order valence-electron chi connectivity index (χ1n) is 7.52. The zero-order valence-corrected chi connectivity index (χ0v) is 12.2. The molecular weight excluding hydrogens is 252 g/mol. The van der Waals surface area contributed by atoms with Crippen LogP contribution < -0.4 is 11.3 Å². The molecule has 3 N–H and O–H groups in total. The van der Waals surface area contributed by atoms with Crippen LogP contribution in [-0.4, -0.2) is 52.0 Å². The van der Waals surface area contributed by atoms with E-state index in [1.807, 2.05) is 13.0 Å². The molecule has 1 unspecified atom stereocenters. The second-order valence-corrected chi connectivity index (χ2v) is 5.88. The highest BCUT2D eigenvalue weighted by atomic mass is 15.3. The zero-order valence-electron chi connectivity index (χ0n) is 12.2. The number of nitrogens with one attached hydrogen (secondary N) is 1. The maximum absolute atomic E-state index is 5.46. The molecule has 2 fully saturated rings. The summed E-state index contributed by atoms with van der Waals surface area (Å²) in [6.45, 7) is 7.60. The molecule has 0 amide bonds. The molecule has 0 radical (unpaired) electrons. The van der Waals surface area contributed by atoms with Gasteiger partial charge in [-0.15, -0.1) is 0 Å². The first kappa shape index (κ1) is 13.7. The van der Waals surface area contributed by atoms with Gasteiger partial charge in [0.1, 0.15) is 11.6 Å². The first-order chi connectivity index (χ1) is 9.74. The Balaban J connectivity index is 1.68. The van der Waals surface area contributed by atoms with E-state index >= 15 is 0 Å². The van der Waals surface area contributed by atoms with E-state index in [2.05, 4.69) is 25.2 Å². The van der Waals surface area contributed by atoms with Crippen molar-refractivity contribution in [2.45, 2.75) is 38.8 Å². The molecule has 20 heavy (non-hydrogen) atoms. The summed E-state index contributed by atoms with van der Waals surface area (Å²) in [5.74, 6) is 7.02. The largest absolute Gasteiger partial charge is 0.308 e. The molecule has 3 rings (SSSR count). The van der Waals surface area contributed by atoms with Crippen LogP contribution in [0.25, 0.3) is 0 Å². The number of anilines is 1. The van der Waals surface area contributed by atoms with Crippen LogP contribution in [0.1, 0.15) is 30.8 Å². The van der Waals surface area contributed by atoms with Gasteiger partial charge in [0.05, 0.1) is 6.54 Å². The fraction of sp³-hybridized carbons (Fsp3) is 0.714. The van der Waals surface area contributed by atoms with Crippen molar-refractivity contribution in [3.8, 4) is 0 Å². The molecule has 0 bridgehead atoms. The van der Waals surface area contributed by atoms with E-state index in [1.54, 1.807) is 0 Å². The summed E-state index contributed by atoms with van der Waals surface area (Å²) in [6.07, 6.45) is 3.92. The lowest BCUT2D eigenvalue weighted by Gasteiger charge is -2.25. The predicted molar refractivity (Wildman–Crippen MR) is 79.1 cm³/mol. The van der Waals surface area contributed by atoms with E-state index in [1.165, 1.54) is 32.4 Å². The summed E-state index contributed by atoms with van der Waals surface area (Å²) in [7, 11) is 0. The molecule has 2 saturated heterocycles. The number of rotatable bonds is 3. The number of nitrogens with two attached hydrogens (primary N) is 1. The number of hydrazine groups is 1. The molecule has 0 aromatic carbocycles. The minimum absolute atomic E-state index is 0.699. The molecule has 0 saturated carbocycles. The molecule has 110 valence electrons. The third-order valence-corrected chi connectivity index (χ3v) is 4.30. The van der Waals surface area contributed by atoms with Crippen molar-refractivity contribution in [3.05, 3.63) is 17.6 Å². The lowest BCUT2D eigenvalue weighted by molar-refractivity contribution is 0.212. The Morgan fingerprint density at radius 1 is 1.30 bits per heavy atom. The van der Waals surface area contributed by atoms with Crippen LogP contribution in [-0.2, 0) is 6.54 Å². The van der Waals surface area contributed by atoms with Gasteiger partial charge in [-0.05, 0) is 45.8 Å². The fourth-order valence-electron chi connectivity index (χ4n) is 3.40. The summed E-state index contributed by atoms with van der Waals surface area (Å²) in [5, 5.41) is 0. The molecule has 6 heteroatoms. The predicted octanol–water partition coefficient (Wildman–Crippen LogP) is 0.741. The van der Waals surface area contributed by atoms with Gasteiger partial charge in [0.15, 0.2) is 0 Å². The topological polar surface area (TPSA) is 70.3 Å². The molecule has 2 aliphatic heterocycles. The average molecular weight is 276 g/mol. The SMILES string of the molecule is Cc1cc(NN)nc(CN2CCCN3CCCC3C2)n1. The van der Waals surface area contributed by atoms with Crippen LogP contribution in [0, 0.1) is 6.92 Å². The van der Waals surface area contributed by atoms with Gasteiger partial charge < -0.3 is 5.43 Å². The Morgan fingerprint density at radius 2 is 2.15 bits per heavy atom. The number of nitrogen functional groups attached to an aromatic ring is 1. The van der Waals surface area contributed by atoms with E-state index in [0.29, 0.717) is 5.82 Å². The van der Waals surface area contributed by atoms with Crippen LogP contribution in [0.15, 0.2) is 6.07 Å². The molecule has 1 aromatic heterocycles. The van der Waals surface area contributed by atoms with Crippen molar-refractivity contribution in [3.63, 3.8) is 0 Å². The maximum atomic E-state index is 5.46. The van der Waals surface area contributed by atoms with Gasteiger partial charge in [0.25, 0.3) is 0 Å². The Morgan fingerprint density at radius 3 is 3.00 bits per heavy atom. The summed E-state index contributed by atoms with van der Waals surface area (Å²) in [6, 6.07) is 2.60. The van der Waals surface area contributed by atoms with Gasteiger partial charge in [-0.25, -0.2) is 15.8 Å². The minimum Gasteiger partial charge on any atom is -0.308 e. The van der Waals surface area contributed by atoms with Crippen LogP contribution in [0.4, 0.5) is 5.82 Å². The van der Waals surface area contributed by atoms with Crippen molar-refractivity contribution >= 4 is 5.82 Å². The zero-order chi connectivity index (χ0) is 13.9. The molecule has 3 heterocycles. The van der Waals surface area contributed by atoms with Gasteiger partial charge in [-0.1, -0.05) is 0 Å². The second-order valence-electron chi connectivity index (χ2n) is 5.88. The van der Waals surface area contributed by atoms with Crippen molar-refractivity contribution in [1.29, 1.82) is 0 Å². The Labute approximate surface area is 120 Å². The molecule has 0 spiro atoms. The highest BCUT2D eigenvalue weighted by Crippen LogP contribution is 2.22. The Bertz CT molecular complexity index is 463. The van der Waals surface area contributed by atoms with E-state index in [-0.39, 0.29) is 0 Å². The third-order valence-electron chi connectivity index (χ3n) is 4.30. The lowest BCUT2D eigenvalue weighted by Crippen LogP contribution is -2.36. The molecular formula is C14H24N6. The number of aromatic nitrogens is 2. The normalized spacial score (nSPS) is 24.4. The monoisotopic (exact) mass is 276 g/mol. The van der Waals surface area contributed by atoms with E-state index in [0.717, 1.165) is 37.2 Å². The van der Waals surface area contributed by atoms with E-state index in [9.17, 15) is 0 Å². The fourth-order valence-corrected chi connectivity index (χ4v) is 3.40. The van der Waals surface area contributed by atoms with Gasteiger partial charge >= 0.3 is 0 Å². The molecule has 1 aromatic rings. The van der Waals surface area contributed by atoms with E-state index < -0.39 is 0 Å². The van der Waals surface area contributed by atoms with Crippen molar-refractivity contribution in [1.82, 2.24) is 19.8 Å². The van der Waals surface area contributed by atoms with Crippen LogP contribution in [0.5, 0.6) is 0 Å². The van der Waals surface area contributed by atoms with Gasteiger partial charge in [-0.2, -0.15) is 0 Å². The maximum Gasteiger partial charge on any atom is 0.145 e. The van der Waals surface area contributed by atoms with Crippen molar-refractivity contribution in [2.75, 3.05) is 31.6 Å². The van der Waals surface area contributed by atoms with Gasteiger partial charge in [-0.3, -0.25) is 9.80 Å².